The van der Waals surface area contributed by atoms with Gasteiger partial charge in [-0.05, 0) is 17.7 Å². The molecule has 0 saturated carbocycles. The van der Waals surface area contributed by atoms with Gasteiger partial charge in [0.1, 0.15) is 5.75 Å². The second kappa shape index (κ2) is 7.39. The molecule has 1 heterocycles. The molecule has 0 aliphatic rings. The van der Waals surface area contributed by atoms with Gasteiger partial charge < -0.3 is 9.15 Å². The maximum absolute atomic E-state index is 12.3. The van der Waals surface area contributed by atoms with Crippen LogP contribution in [0.3, 0.4) is 0 Å². The second-order valence-corrected chi connectivity index (χ2v) is 7.25. The number of carbonyl (C=O) groups excluding carboxylic acids is 1. The Morgan fingerprint density at radius 3 is 2.52 bits per heavy atom. The highest BCUT2D eigenvalue weighted by atomic mass is 35.5. The lowest BCUT2D eigenvalue weighted by Gasteiger charge is -2.09. The summed E-state index contributed by atoms with van der Waals surface area (Å²) in [4.78, 5) is 23.6. The summed E-state index contributed by atoms with van der Waals surface area (Å²) in [6, 6.07) is 19.9. The van der Waals surface area contributed by atoms with Crippen LogP contribution in [0.5, 0.6) is 5.75 Å². The zero-order valence-electron chi connectivity index (χ0n) is 14.0. The van der Waals surface area contributed by atoms with E-state index < -0.39 is 4.94 Å². The van der Waals surface area contributed by atoms with Crippen molar-refractivity contribution in [3.63, 3.8) is 0 Å². The van der Waals surface area contributed by atoms with Gasteiger partial charge in [-0.2, -0.15) is 0 Å². The van der Waals surface area contributed by atoms with Gasteiger partial charge in [0, 0.05) is 22.2 Å². The van der Waals surface area contributed by atoms with Gasteiger partial charge >= 0.3 is 10.9 Å². The lowest BCUT2D eigenvalue weighted by molar-refractivity contribution is -0.133. The molecule has 1 aromatic heterocycles. The fourth-order valence-electron chi connectivity index (χ4n) is 2.82. The molecule has 0 saturated heterocycles. The number of rotatable bonds is 4. The summed E-state index contributed by atoms with van der Waals surface area (Å²) in [7, 11) is 0. The molecule has 0 aliphatic heterocycles. The highest BCUT2D eigenvalue weighted by Crippen LogP contribution is 2.37. The number of hydrogen-bond donors (Lipinski definition) is 0. The van der Waals surface area contributed by atoms with Gasteiger partial charge in [-0.15, -0.1) is 0 Å². The first-order valence-electron chi connectivity index (χ1n) is 8.17. The Bertz CT molecular complexity index is 1180. The summed E-state index contributed by atoms with van der Waals surface area (Å²) in [6.45, 7) is 0. The number of hydrogen-bond acceptors (Lipinski definition) is 5. The first kappa shape index (κ1) is 17.5. The second-order valence-electron chi connectivity index (χ2n) is 5.87. The SMILES string of the molecule is O=C(Cc1ccccc1)Oc1cc(-c2ccccc2Cl)c2oc(=O)sc2c1. The Morgan fingerprint density at radius 1 is 1.00 bits per heavy atom. The van der Waals surface area contributed by atoms with Crippen LogP contribution < -0.4 is 9.68 Å². The van der Waals surface area contributed by atoms with Gasteiger partial charge in [0.15, 0.2) is 5.58 Å². The smallest absolute Gasteiger partial charge is 0.396 e. The van der Waals surface area contributed by atoms with E-state index in [1.54, 1.807) is 18.2 Å². The maximum Gasteiger partial charge on any atom is 0.396 e. The van der Waals surface area contributed by atoms with Crippen LogP contribution in [0, 0.1) is 0 Å². The molecule has 0 fully saturated rings. The van der Waals surface area contributed by atoms with E-state index in [1.165, 1.54) is 0 Å². The van der Waals surface area contributed by atoms with Crippen molar-refractivity contribution in [2.24, 2.45) is 0 Å². The predicted octanol–water partition coefficient (Wildman–Crippen LogP) is 5.32. The number of benzene rings is 3. The molecule has 0 unspecified atom stereocenters. The summed E-state index contributed by atoms with van der Waals surface area (Å²) in [5, 5.41) is 0.514. The molecule has 0 radical (unpaired) electrons. The molecule has 27 heavy (non-hydrogen) atoms. The Morgan fingerprint density at radius 2 is 1.74 bits per heavy atom. The number of carbonyl (C=O) groups is 1. The minimum Gasteiger partial charge on any atom is -0.426 e. The van der Waals surface area contributed by atoms with Gasteiger partial charge in [-0.1, -0.05) is 71.5 Å². The standard InChI is InChI=1S/C21H13ClO4S/c22-17-9-5-4-8-15(17)16-11-14(12-18-20(16)26-21(24)27-18)25-19(23)10-13-6-2-1-3-7-13/h1-9,11-12H,10H2. The highest BCUT2D eigenvalue weighted by Gasteiger charge is 2.16. The monoisotopic (exact) mass is 396 g/mol. The fourth-order valence-corrected chi connectivity index (χ4v) is 3.78. The molecule has 134 valence electrons. The molecular weight excluding hydrogens is 384 g/mol. The molecule has 3 aromatic carbocycles. The Balaban J connectivity index is 1.73. The minimum absolute atomic E-state index is 0.155. The van der Waals surface area contributed by atoms with Crippen molar-refractivity contribution in [1.29, 1.82) is 0 Å². The largest absolute Gasteiger partial charge is 0.426 e. The molecule has 4 rings (SSSR count). The molecule has 0 aliphatic carbocycles. The fraction of sp³-hybridized carbons (Fsp3) is 0.0476. The van der Waals surface area contributed by atoms with E-state index in [0.29, 0.717) is 32.2 Å². The van der Waals surface area contributed by atoms with Crippen molar-refractivity contribution in [3.8, 4) is 16.9 Å². The van der Waals surface area contributed by atoms with E-state index in [9.17, 15) is 9.59 Å². The van der Waals surface area contributed by atoms with Gasteiger partial charge in [0.25, 0.3) is 0 Å². The third-order valence-corrected chi connectivity index (χ3v) is 5.10. The Kier molecular flexibility index (Phi) is 4.79. The van der Waals surface area contributed by atoms with Crippen LogP contribution in [0.1, 0.15) is 5.56 Å². The summed E-state index contributed by atoms with van der Waals surface area (Å²) < 4.78 is 11.4. The Labute approximate surface area is 163 Å². The predicted molar refractivity (Wildman–Crippen MR) is 107 cm³/mol. The van der Waals surface area contributed by atoms with E-state index in [-0.39, 0.29) is 12.4 Å². The summed E-state index contributed by atoms with van der Waals surface area (Å²) in [6.07, 6.45) is 0.155. The Hall–Kier alpha value is -2.89. The minimum atomic E-state index is -0.425. The van der Waals surface area contributed by atoms with Crippen molar-refractivity contribution in [2.45, 2.75) is 6.42 Å². The molecule has 0 bridgehead atoms. The number of ether oxygens (including phenoxy) is 1. The summed E-state index contributed by atoms with van der Waals surface area (Å²) in [5.74, 6) is -0.0445. The van der Waals surface area contributed by atoms with E-state index in [2.05, 4.69) is 0 Å². The van der Waals surface area contributed by atoms with Gasteiger partial charge in [-0.25, -0.2) is 4.79 Å². The molecule has 0 spiro atoms. The van der Waals surface area contributed by atoms with Crippen molar-refractivity contribution in [1.82, 2.24) is 0 Å². The summed E-state index contributed by atoms with van der Waals surface area (Å²) in [5.41, 5.74) is 2.61. The highest BCUT2D eigenvalue weighted by molar-refractivity contribution is 7.16. The molecular formula is C21H13ClO4S. The van der Waals surface area contributed by atoms with Gasteiger partial charge in [0.2, 0.25) is 0 Å². The molecule has 0 N–H and O–H groups in total. The third kappa shape index (κ3) is 3.79. The van der Waals surface area contributed by atoms with E-state index in [4.69, 9.17) is 20.8 Å². The zero-order chi connectivity index (χ0) is 18.8. The van der Waals surface area contributed by atoms with E-state index in [0.717, 1.165) is 16.9 Å². The van der Waals surface area contributed by atoms with Crippen LogP contribution in [-0.2, 0) is 11.2 Å². The number of halogens is 1. The van der Waals surface area contributed by atoms with Crippen LogP contribution in [0.2, 0.25) is 5.02 Å². The van der Waals surface area contributed by atoms with Gasteiger partial charge in [-0.3, -0.25) is 4.79 Å². The molecule has 4 aromatic rings. The van der Waals surface area contributed by atoms with Crippen LogP contribution in [0.25, 0.3) is 21.4 Å². The average molecular weight is 397 g/mol. The quantitative estimate of drug-likeness (QED) is 0.346. The molecule has 0 amide bonds. The molecule has 4 nitrogen and oxygen atoms in total. The topological polar surface area (TPSA) is 56.5 Å². The average Bonchev–Trinajstić information content (AvgIpc) is 3.02. The first-order valence-corrected chi connectivity index (χ1v) is 9.37. The van der Waals surface area contributed by atoms with Crippen LogP contribution in [-0.4, -0.2) is 5.97 Å². The third-order valence-electron chi connectivity index (χ3n) is 3.99. The van der Waals surface area contributed by atoms with E-state index in [1.807, 2.05) is 48.5 Å². The van der Waals surface area contributed by atoms with Crippen LogP contribution >= 0.6 is 22.9 Å². The summed E-state index contributed by atoms with van der Waals surface area (Å²) >= 11 is 7.26. The van der Waals surface area contributed by atoms with E-state index >= 15 is 0 Å². The maximum atomic E-state index is 12.3. The zero-order valence-corrected chi connectivity index (χ0v) is 15.5. The van der Waals surface area contributed by atoms with Crippen LogP contribution in [0.15, 0.2) is 75.9 Å². The van der Waals surface area contributed by atoms with Crippen molar-refractivity contribution in [3.05, 3.63) is 87.0 Å². The molecule has 0 atom stereocenters. The van der Waals surface area contributed by atoms with Crippen molar-refractivity contribution < 1.29 is 13.9 Å². The number of fused-ring (bicyclic) bond motifs is 1. The van der Waals surface area contributed by atoms with Crippen molar-refractivity contribution >= 4 is 39.2 Å². The van der Waals surface area contributed by atoms with Gasteiger partial charge in [0.05, 0.1) is 11.1 Å². The molecule has 6 heteroatoms. The normalized spacial score (nSPS) is 10.9. The lowest BCUT2D eigenvalue weighted by atomic mass is 10.0. The first-order chi connectivity index (χ1) is 13.1. The van der Waals surface area contributed by atoms with Crippen molar-refractivity contribution in [2.75, 3.05) is 0 Å². The van der Waals surface area contributed by atoms with Crippen LogP contribution in [0.4, 0.5) is 0 Å². The number of esters is 1. The lowest BCUT2D eigenvalue weighted by Crippen LogP contribution is -2.11.